The van der Waals surface area contributed by atoms with Gasteiger partial charge in [-0.3, -0.25) is 9.58 Å². The van der Waals surface area contributed by atoms with Crippen LogP contribution in [-0.2, 0) is 7.05 Å². The van der Waals surface area contributed by atoms with Crippen LogP contribution in [-0.4, -0.2) is 73.5 Å². The standard InChI is InChI=1S/C24H25F2N9O/c1-15-9-21(32(2)31-15)22-19(26)14-28-23(30-22)33-5-7-34(8-6-33)24(36)35-20(3-4-29-35)17-10-16(13-27)11-18(25)12-17/h4,9-12,14,20,24,36H,3,5-8H2,1-2H3/t20-,24?/m0/s1. The predicted molar refractivity (Wildman–Crippen MR) is 128 cm³/mol. The molecule has 2 aliphatic heterocycles. The van der Waals surface area contributed by atoms with Crippen molar-refractivity contribution in [2.45, 2.75) is 25.7 Å². The fourth-order valence-corrected chi connectivity index (χ4v) is 4.65. The average Bonchev–Trinajstić information content (AvgIpc) is 3.49. The molecule has 5 rings (SSSR count). The number of benzene rings is 1. The maximum absolute atomic E-state index is 14.5. The van der Waals surface area contributed by atoms with Gasteiger partial charge in [0.1, 0.15) is 11.5 Å². The second-order valence-electron chi connectivity index (χ2n) is 8.85. The van der Waals surface area contributed by atoms with E-state index in [0.29, 0.717) is 49.8 Å². The van der Waals surface area contributed by atoms with Gasteiger partial charge in [-0.25, -0.2) is 23.8 Å². The second kappa shape index (κ2) is 9.60. The Bertz CT molecular complexity index is 1340. The van der Waals surface area contributed by atoms with E-state index < -0.39 is 18.0 Å². The quantitative estimate of drug-likeness (QED) is 0.576. The molecule has 1 fully saturated rings. The molecule has 1 saturated heterocycles. The monoisotopic (exact) mass is 493 g/mol. The number of hydrazone groups is 1. The number of hydrogen-bond acceptors (Lipinski definition) is 9. The van der Waals surface area contributed by atoms with E-state index in [-0.39, 0.29) is 17.3 Å². The number of rotatable bonds is 5. The molecule has 186 valence electrons. The van der Waals surface area contributed by atoms with Crippen LogP contribution in [0.25, 0.3) is 11.4 Å². The van der Waals surface area contributed by atoms with Gasteiger partial charge in [0.05, 0.1) is 35.3 Å². The zero-order chi connectivity index (χ0) is 25.4. The van der Waals surface area contributed by atoms with Gasteiger partial charge >= 0.3 is 0 Å². The minimum atomic E-state index is -1.04. The van der Waals surface area contributed by atoms with E-state index in [2.05, 4.69) is 20.2 Å². The molecule has 0 saturated carbocycles. The van der Waals surface area contributed by atoms with Crippen LogP contribution in [0.5, 0.6) is 0 Å². The molecule has 36 heavy (non-hydrogen) atoms. The molecule has 2 aromatic heterocycles. The molecular formula is C24H25F2N9O. The fourth-order valence-electron chi connectivity index (χ4n) is 4.65. The first-order valence-electron chi connectivity index (χ1n) is 11.6. The topological polar surface area (TPSA) is 110 Å². The average molecular weight is 494 g/mol. The first-order valence-corrected chi connectivity index (χ1v) is 11.6. The molecular weight excluding hydrogens is 468 g/mol. The molecule has 0 bridgehead atoms. The Kier molecular flexibility index (Phi) is 6.34. The Balaban J connectivity index is 1.28. The van der Waals surface area contributed by atoms with Gasteiger partial charge in [-0.05, 0) is 36.8 Å². The van der Waals surface area contributed by atoms with Crippen molar-refractivity contribution in [3.8, 4) is 17.5 Å². The highest BCUT2D eigenvalue weighted by Gasteiger charge is 2.34. The Labute approximate surface area is 206 Å². The third-order valence-corrected chi connectivity index (χ3v) is 6.43. The van der Waals surface area contributed by atoms with Crippen LogP contribution in [0.1, 0.15) is 29.3 Å². The highest BCUT2D eigenvalue weighted by atomic mass is 19.1. The Hall–Kier alpha value is -3.95. The fraction of sp³-hybridized carbons (Fsp3) is 0.375. The lowest BCUT2D eigenvalue weighted by molar-refractivity contribution is -0.126. The summed E-state index contributed by atoms with van der Waals surface area (Å²) in [7, 11) is 1.74. The normalized spacial score (nSPS) is 19.1. The van der Waals surface area contributed by atoms with Crippen LogP contribution >= 0.6 is 0 Å². The van der Waals surface area contributed by atoms with Crippen LogP contribution in [0.15, 0.2) is 35.6 Å². The van der Waals surface area contributed by atoms with E-state index in [1.807, 2.05) is 22.8 Å². The van der Waals surface area contributed by atoms with Gasteiger partial charge < -0.3 is 10.0 Å². The number of piperazine rings is 1. The molecule has 1 unspecified atom stereocenters. The molecule has 1 aromatic carbocycles. The highest BCUT2D eigenvalue weighted by molar-refractivity contribution is 5.61. The molecule has 0 aliphatic carbocycles. The zero-order valence-corrected chi connectivity index (χ0v) is 19.9. The van der Waals surface area contributed by atoms with Gasteiger partial charge in [-0.1, -0.05) is 0 Å². The van der Waals surface area contributed by atoms with Gasteiger partial charge in [0.15, 0.2) is 5.82 Å². The van der Waals surface area contributed by atoms with Gasteiger partial charge in [0.2, 0.25) is 12.3 Å². The van der Waals surface area contributed by atoms with E-state index in [1.54, 1.807) is 30.1 Å². The molecule has 1 N–H and O–H groups in total. The van der Waals surface area contributed by atoms with Crippen molar-refractivity contribution in [1.82, 2.24) is 29.7 Å². The van der Waals surface area contributed by atoms with E-state index in [0.717, 1.165) is 5.69 Å². The first-order chi connectivity index (χ1) is 17.3. The van der Waals surface area contributed by atoms with Crippen molar-refractivity contribution in [2.75, 3.05) is 31.1 Å². The van der Waals surface area contributed by atoms with Crippen molar-refractivity contribution < 1.29 is 13.9 Å². The summed E-state index contributed by atoms with van der Waals surface area (Å²) in [4.78, 5) is 12.4. The largest absolute Gasteiger partial charge is 0.360 e. The number of nitriles is 1. The van der Waals surface area contributed by atoms with E-state index >= 15 is 0 Å². The molecule has 3 aromatic rings. The lowest BCUT2D eigenvalue weighted by Gasteiger charge is -2.41. The molecule has 12 heteroatoms. The van der Waals surface area contributed by atoms with Crippen LogP contribution in [0, 0.1) is 29.9 Å². The van der Waals surface area contributed by atoms with E-state index in [9.17, 15) is 19.1 Å². The number of anilines is 1. The number of aryl methyl sites for hydroxylation is 2. The minimum Gasteiger partial charge on any atom is -0.360 e. The summed E-state index contributed by atoms with van der Waals surface area (Å²) in [6.07, 6.45) is 2.30. The number of aliphatic hydroxyl groups is 1. The van der Waals surface area contributed by atoms with Gasteiger partial charge in [-0.2, -0.15) is 15.5 Å². The van der Waals surface area contributed by atoms with Gasteiger partial charge in [0.25, 0.3) is 0 Å². The number of nitrogens with zero attached hydrogens (tertiary/aromatic N) is 9. The molecule has 0 amide bonds. The summed E-state index contributed by atoms with van der Waals surface area (Å²) in [6, 6.07) is 7.52. The Morgan fingerprint density at radius 3 is 2.61 bits per heavy atom. The van der Waals surface area contributed by atoms with E-state index in [1.165, 1.54) is 23.3 Å². The molecule has 0 radical (unpaired) electrons. The Morgan fingerprint density at radius 2 is 1.92 bits per heavy atom. The van der Waals surface area contributed by atoms with Crippen LogP contribution in [0.3, 0.4) is 0 Å². The summed E-state index contributed by atoms with van der Waals surface area (Å²) >= 11 is 0. The van der Waals surface area contributed by atoms with Crippen LogP contribution in [0.2, 0.25) is 0 Å². The van der Waals surface area contributed by atoms with Crippen LogP contribution in [0.4, 0.5) is 14.7 Å². The summed E-state index contributed by atoms with van der Waals surface area (Å²) in [5.74, 6) is -0.620. The van der Waals surface area contributed by atoms with Crippen molar-refractivity contribution in [2.24, 2.45) is 12.1 Å². The third kappa shape index (κ3) is 4.50. The molecule has 4 heterocycles. The lowest BCUT2D eigenvalue weighted by Crippen LogP contribution is -2.55. The van der Waals surface area contributed by atoms with Crippen molar-refractivity contribution in [3.05, 3.63) is 58.9 Å². The summed E-state index contributed by atoms with van der Waals surface area (Å²) < 4.78 is 30.1. The molecule has 0 spiro atoms. The number of aromatic nitrogens is 4. The Morgan fingerprint density at radius 1 is 1.14 bits per heavy atom. The maximum atomic E-state index is 14.5. The number of halogens is 2. The number of aliphatic hydroxyl groups excluding tert-OH is 1. The van der Waals surface area contributed by atoms with Crippen LogP contribution < -0.4 is 4.90 Å². The summed E-state index contributed by atoms with van der Waals surface area (Å²) in [5.41, 5.74) is 2.32. The van der Waals surface area contributed by atoms with Gasteiger partial charge in [-0.15, -0.1) is 0 Å². The smallest absolute Gasteiger partial charge is 0.226 e. The minimum absolute atomic E-state index is 0.187. The predicted octanol–water partition coefficient (Wildman–Crippen LogP) is 2.17. The maximum Gasteiger partial charge on any atom is 0.226 e. The third-order valence-electron chi connectivity index (χ3n) is 6.43. The van der Waals surface area contributed by atoms with Gasteiger partial charge in [0, 0.05) is 45.9 Å². The first kappa shape index (κ1) is 23.8. The van der Waals surface area contributed by atoms with Crippen molar-refractivity contribution in [3.63, 3.8) is 0 Å². The summed E-state index contributed by atoms with van der Waals surface area (Å²) in [6.45, 7) is 3.81. The molecule has 2 aliphatic rings. The second-order valence-corrected chi connectivity index (χ2v) is 8.85. The van der Waals surface area contributed by atoms with E-state index in [4.69, 9.17) is 0 Å². The SMILES string of the molecule is Cc1cc(-c2nc(N3CCN(C(O)N4N=CC[C@H]4c4cc(F)cc(C#N)c4)CC3)ncc2F)n(C)n1. The lowest BCUT2D eigenvalue weighted by atomic mass is 10.0. The number of hydrogen-bond donors (Lipinski definition) is 1. The molecule has 2 atom stereocenters. The highest BCUT2D eigenvalue weighted by Crippen LogP contribution is 2.32. The zero-order valence-electron chi connectivity index (χ0n) is 19.9. The van der Waals surface area contributed by atoms with Crippen molar-refractivity contribution in [1.29, 1.82) is 5.26 Å². The summed E-state index contributed by atoms with van der Waals surface area (Å²) in [5, 5.41) is 30.4. The van der Waals surface area contributed by atoms with Crippen molar-refractivity contribution >= 4 is 12.2 Å². The molecule has 10 nitrogen and oxygen atoms in total.